The largest absolute Gasteiger partial charge is 0.497 e. The highest BCUT2D eigenvalue weighted by Gasteiger charge is 2.20. The third-order valence-electron chi connectivity index (χ3n) is 11.9. The van der Waals surface area contributed by atoms with E-state index in [1.807, 2.05) is 146 Å². The monoisotopic (exact) mass is 1050 g/mol. The van der Waals surface area contributed by atoms with Gasteiger partial charge in [-0.15, -0.1) is 0 Å². The van der Waals surface area contributed by atoms with Crippen LogP contribution in [0.1, 0.15) is 81.3 Å². The minimum Gasteiger partial charge on any atom is -0.497 e. The van der Waals surface area contributed by atoms with Crippen LogP contribution in [0.4, 0.5) is 0 Å². The Kier molecular flexibility index (Phi) is 19.0. The Morgan fingerprint density at radius 2 is 0.747 bits per heavy atom. The lowest BCUT2D eigenvalue weighted by Gasteiger charge is -2.13. The van der Waals surface area contributed by atoms with Crippen molar-refractivity contribution in [1.82, 2.24) is 44.0 Å². The van der Waals surface area contributed by atoms with E-state index >= 15 is 0 Å². The van der Waals surface area contributed by atoms with Gasteiger partial charge < -0.3 is 28.3 Å². The van der Waals surface area contributed by atoms with E-state index in [2.05, 4.69) is 164 Å². The van der Waals surface area contributed by atoms with Crippen molar-refractivity contribution in [3.63, 3.8) is 0 Å². The van der Waals surface area contributed by atoms with Gasteiger partial charge in [0.1, 0.15) is 28.7 Å². The summed E-state index contributed by atoms with van der Waals surface area (Å²) in [4.78, 5) is 29.7. The van der Waals surface area contributed by atoms with Crippen LogP contribution in [0.2, 0.25) is 0 Å². The number of hydrogen-bond acceptors (Lipinski definition) is 7. The van der Waals surface area contributed by atoms with Crippen LogP contribution in [0.5, 0.6) is 5.75 Å². The summed E-state index contributed by atoms with van der Waals surface area (Å²) >= 11 is 0. The molecule has 0 aliphatic rings. The van der Waals surface area contributed by atoms with Crippen molar-refractivity contribution >= 4 is 55.2 Å². The van der Waals surface area contributed by atoms with Gasteiger partial charge in [0.15, 0.2) is 11.4 Å². The van der Waals surface area contributed by atoms with Crippen LogP contribution in [0.3, 0.4) is 0 Å². The third kappa shape index (κ3) is 14.5. The molecular weight excluding hydrogens is 975 g/mol. The summed E-state index contributed by atoms with van der Waals surface area (Å²) in [5, 5.41) is 0. The number of rotatable bonds is 7. The molecule has 2 N–H and O–H groups in total. The Hall–Kier alpha value is -9.09. The number of methoxy groups -OCH3 is 1. The van der Waals surface area contributed by atoms with Crippen molar-refractivity contribution in [2.45, 2.75) is 81.3 Å². The maximum absolute atomic E-state index is 5.88. The molecular formula is C68H73N9O2. The van der Waals surface area contributed by atoms with Crippen LogP contribution in [-0.2, 0) is 0 Å². The Balaban J connectivity index is 0.000000134. The van der Waals surface area contributed by atoms with E-state index in [-0.39, 0.29) is 6.04 Å². The summed E-state index contributed by atoms with van der Waals surface area (Å²) in [6, 6.07) is 69.2. The van der Waals surface area contributed by atoms with Crippen LogP contribution in [0.15, 0.2) is 211 Å². The van der Waals surface area contributed by atoms with E-state index in [0.717, 1.165) is 107 Å². The fourth-order valence-corrected chi connectivity index (χ4v) is 8.57. The Bertz CT molecular complexity index is 3720. The second-order valence-corrected chi connectivity index (χ2v) is 20.9. The molecule has 79 heavy (non-hydrogen) atoms. The van der Waals surface area contributed by atoms with Crippen molar-refractivity contribution in [2.24, 2.45) is 11.8 Å². The number of H-pyrrole nitrogens is 2. The van der Waals surface area contributed by atoms with Gasteiger partial charge in [0.25, 0.3) is 5.89 Å². The normalized spacial score (nSPS) is 10.9. The smallest absolute Gasteiger partial charge is 0.264 e. The van der Waals surface area contributed by atoms with Gasteiger partial charge >= 0.3 is 0 Å². The number of oxazole rings is 1. The van der Waals surface area contributed by atoms with Crippen molar-refractivity contribution in [3.05, 3.63) is 206 Å². The summed E-state index contributed by atoms with van der Waals surface area (Å²) in [5.74, 6) is 6.74. The molecule has 11 nitrogen and oxygen atoms in total. The lowest BCUT2D eigenvalue weighted by molar-refractivity contribution is 0.415. The van der Waals surface area contributed by atoms with Crippen LogP contribution in [0, 0.1) is 11.8 Å². The molecule has 0 radical (unpaired) electrons. The number of para-hydroxylation sites is 10. The standard InChI is InChI=1S/C17H15N3O.C17H18N2O.2C13H10N2.2C4H10/c1-11(2)20-14-9-5-3-7-12(14)18-16(20)17-19-13-8-4-6-10-15(13)21-17;1-12(2)19-16-7-5-4-6-15(16)18-17(19)13-8-10-14(20-3)11-9-13;2*1-2-6-10(7-3-1)13-14-11-8-4-5-9-12(11)15-13;2*1-4(2)3/h3-11H,1-2H3;4-12H,1-3H3;2*1-9H,(H,14,15);2*4H,1-3H3. The van der Waals surface area contributed by atoms with Gasteiger partial charge in [0, 0.05) is 28.8 Å². The Morgan fingerprint density at radius 3 is 1.18 bits per heavy atom. The minimum atomic E-state index is 0.280. The predicted octanol–water partition coefficient (Wildman–Crippen LogP) is 18.5. The molecule has 11 heteroatoms. The van der Waals surface area contributed by atoms with Crippen LogP contribution in [-0.4, -0.2) is 51.1 Å². The van der Waals surface area contributed by atoms with E-state index in [1.165, 1.54) is 5.52 Å². The van der Waals surface area contributed by atoms with Gasteiger partial charge in [0.2, 0.25) is 0 Å². The van der Waals surface area contributed by atoms with Crippen molar-refractivity contribution in [3.8, 4) is 51.6 Å². The Morgan fingerprint density at radius 1 is 0.367 bits per heavy atom. The van der Waals surface area contributed by atoms with E-state index in [4.69, 9.17) is 19.1 Å². The predicted molar refractivity (Wildman–Crippen MR) is 329 cm³/mol. The van der Waals surface area contributed by atoms with Gasteiger partial charge in [0.05, 0.1) is 51.2 Å². The average Bonchev–Trinajstić information content (AvgIpc) is 4.52. The maximum atomic E-state index is 5.88. The number of hydrogen-bond donors (Lipinski definition) is 2. The Labute approximate surface area is 464 Å². The van der Waals surface area contributed by atoms with E-state index in [1.54, 1.807) is 7.11 Å². The SMILES string of the molecule is CC(C)C.CC(C)C.CC(C)n1c(-c2nc3ccccc3o2)nc2ccccc21.COc1ccc(-c2nc3ccccc3n2C(C)C)cc1.c1ccc(-c2nc3ccccc3[nH]2)cc1.c1ccc(-c2nc3ccccc3[nH]2)cc1. The highest BCUT2D eigenvalue weighted by atomic mass is 16.5. The second kappa shape index (κ2) is 26.8. The average molecular weight is 1050 g/mol. The van der Waals surface area contributed by atoms with Crippen LogP contribution < -0.4 is 4.74 Å². The quantitative estimate of drug-likeness (QED) is 0.163. The molecule has 5 aromatic heterocycles. The lowest BCUT2D eigenvalue weighted by Crippen LogP contribution is -2.03. The van der Waals surface area contributed by atoms with Crippen molar-refractivity contribution in [2.75, 3.05) is 7.11 Å². The lowest BCUT2D eigenvalue weighted by atomic mass is 10.2. The molecule has 0 amide bonds. The van der Waals surface area contributed by atoms with Crippen molar-refractivity contribution in [1.29, 1.82) is 0 Å². The molecule has 0 bridgehead atoms. The summed E-state index contributed by atoms with van der Waals surface area (Å²) in [6.45, 7) is 21.6. The van der Waals surface area contributed by atoms with E-state index in [9.17, 15) is 0 Å². The molecule has 0 saturated heterocycles. The van der Waals surface area contributed by atoms with E-state index < -0.39 is 0 Å². The molecule has 0 aliphatic carbocycles. The molecule has 0 saturated carbocycles. The summed E-state index contributed by atoms with van der Waals surface area (Å²) in [5.41, 5.74) is 13.4. The molecule has 5 heterocycles. The number of nitrogens with one attached hydrogen (secondary N) is 2. The van der Waals surface area contributed by atoms with Gasteiger partial charge in [-0.3, -0.25) is 0 Å². The van der Waals surface area contributed by atoms with Gasteiger partial charge in [-0.2, -0.15) is 0 Å². The third-order valence-corrected chi connectivity index (χ3v) is 11.9. The molecule has 13 aromatic rings. The first-order chi connectivity index (χ1) is 38.3. The first-order valence-corrected chi connectivity index (χ1v) is 27.2. The highest BCUT2D eigenvalue weighted by molar-refractivity contribution is 5.83. The zero-order valence-electron chi connectivity index (χ0n) is 47.4. The maximum Gasteiger partial charge on any atom is 0.264 e. The second-order valence-electron chi connectivity index (χ2n) is 20.9. The number of aromatic amines is 2. The number of aromatic nitrogens is 9. The number of imidazole rings is 4. The van der Waals surface area contributed by atoms with E-state index in [0.29, 0.717) is 11.9 Å². The number of benzene rings is 8. The first kappa shape index (κ1) is 56.1. The molecule has 0 spiro atoms. The summed E-state index contributed by atoms with van der Waals surface area (Å²) in [6.07, 6.45) is 0. The van der Waals surface area contributed by atoms with Gasteiger partial charge in [-0.25, -0.2) is 24.9 Å². The number of nitrogens with zero attached hydrogens (tertiary/aromatic N) is 7. The first-order valence-electron chi connectivity index (χ1n) is 27.2. The summed E-state index contributed by atoms with van der Waals surface area (Å²) < 4.78 is 15.5. The number of ether oxygens (including phenoxy) is 1. The molecule has 13 rings (SSSR count). The molecule has 0 unspecified atom stereocenters. The minimum absolute atomic E-state index is 0.280. The molecule has 402 valence electrons. The number of fused-ring (bicyclic) bond motifs is 5. The molecule has 0 atom stereocenters. The van der Waals surface area contributed by atoms with Crippen molar-refractivity contribution < 1.29 is 9.15 Å². The highest BCUT2D eigenvalue weighted by Crippen LogP contribution is 2.32. The molecule has 0 fully saturated rings. The summed E-state index contributed by atoms with van der Waals surface area (Å²) in [7, 11) is 1.68. The van der Waals surface area contributed by atoms with Gasteiger partial charge in [-0.1, -0.05) is 163 Å². The zero-order chi connectivity index (χ0) is 55.8. The van der Waals surface area contributed by atoms with Gasteiger partial charge in [-0.05, 0) is 124 Å². The fraction of sp³-hybridized carbons (Fsp3) is 0.221. The van der Waals surface area contributed by atoms with Crippen LogP contribution >= 0.6 is 0 Å². The fourth-order valence-electron chi connectivity index (χ4n) is 8.57. The van der Waals surface area contributed by atoms with Crippen LogP contribution in [0.25, 0.3) is 101 Å². The zero-order valence-corrected chi connectivity index (χ0v) is 47.4. The molecule has 8 aromatic carbocycles. The molecule has 0 aliphatic heterocycles. The topological polar surface area (TPSA) is 128 Å².